The molecule has 0 aromatic heterocycles. The average Bonchev–Trinajstić information content (AvgIpc) is 3.17. The zero-order valence-corrected chi connectivity index (χ0v) is 22.2. The van der Waals surface area contributed by atoms with E-state index >= 15 is 0 Å². The number of hydrogen-bond acceptors (Lipinski definition) is 6. The van der Waals surface area contributed by atoms with Crippen molar-refractivity contribution in [3.8, 4) is 5.75 Å². The van der Waals surface area contributed by atoms with Crippen molar-refractivity contribution in [2.45, 2.75) is 64.6 Å². The van der Waals surface area contributed by atoms with Crippen LogP contribution in [-0.4, -0.2) is 63.2 Å². The maximum atomic E-state index is 10.9. The summed E-state index contributed by atoms with van der Waals surface area (Å²) < 4.78 is 20.7. The zero-order chi connectivity index (χ0) is 25.6. The first-order valence-corrected chi connectivity index (χ1v) is 12.2. The molecule has 0 bridgehead atoms. The highest BCUT2D eigenvalue weighted by Crippen LogP contribution is 2.37. The monoisotopic (exact) mass is 475 g/mol. The molecule has 0 amide bonds. The largest absolute Gasteiger partial charge is 0.497 e. The molecule has 0 aliphatic carbocycles. The summed E-state index contributed by atoms with van der Waals surface area (Å²) in [6.07, 6.45) is 8.56. The standard InChI is InChI=1S/C16H25NO2.C10H14O3.C2H6/c1-12-9-10-13(17(12)3)11-16(2,18)14-7-5-6-8-15(14)19-4;1-9(11-2)4-3-5-10-8-12-6-7-13-10;1-2/h5-8,12-13,18H,9-11H2,1-4H3;3-5H,1,6-8H2,2H3;1-2H3/b;4-3-,10-5+;. The summed E-state index contributed by atoms with van der Waals surface area (Å²) in [6.45, 7) is 13.6. The number of aliphatic hydroxyl groups is 1. The van der Waals surface area contributed by atoms with Gasteiger partial charge in [0.05, 0.1) is 26.4 Å². The van der Waals surface area contributed by atoms with E-state index in [1.54, 1.807) is 20.3 Å². The number of benzene rings is 1. The van der Waals surface area contributed by atoms with Crippen LogP contribution in [0.15, 0.2) is 60.6 Å². The molecule has 0 saturated carbocycles. The van der Waals surface area contributed by atoms with Gasteiger partial charge in [0, 0.05) is 17.6 Å². The summed E-state index contributed by atoms with van der Waals surface area (Å²) in [5, 5.41) is 10.9. The third-order valence-corrected chi connectivity index (χ3v) is 6.10. The molecule has 3 rings (SSSR count). The minimum absolute atomic E-state index is 0.440. The summed E-state index contributed by atoms with van der Waals surface area (Å²) in [5.41, 5.74) is 0.0285. The number of nitrogens with zero attached hydrogens (tertiary/aromatic N) is 1. The zero-order valence-electron chi connectivity index (χ0n) is 22.2. The second-order valence-corrected chi connectivity index (χ2v) is 8.49. The summed E-state index contributed by atoms with van der Waals surface area (Å²) in [4.78, 5) is 2.38. The minimum Gasteiger partial charge on any atom is -0.497 e. The molecule has 0 spiro atoms. The lowest BCUT2D eigenvalue weighted by Gasteiger charge is -2.32. The molecule has 2 aliphatic rings. The Hall–Kier alpha value is -2.28. The lowest BCUT2D eigenvalue weighted by molar-refractivity contribution is 0.0135. The minimum atomic E-state index is -0.852. The van der Waals surface area contributed by atoms with Crippen LogP contribution in [0.2, 0.25) is 0 Å². The third-order valence-electron chi connectivity index (χ3n) is 6.10. The predicted octanol–water partition coefficient (Wildman–Crippen LogP) is 5.44. The van der Waals surface area contributed by atoms with Gasteiger partial charge >= 0.3 is 0 Å². The van der Waals surface area contributed by atoms with Gasteiger partial charge in [0.2, 0.25) is 0 Å². The van der Waals surface area contributed by atoms with Crippen LogP contribution in [0.25, 0.3) is 0 Å². The molecule has 3 atom stereocenters. The molecule has 1 N–H and O–H groups in total. The quantitative estimate of drug-likeness (QED) is 0.419. The fourth-order valence-electron chi connectivity index (χ4n) is 3.98. The molecule has 2 aliphatic heterocycles. The summed E-state index contributed by atoms with van der Waals surface area (Å²) in [5.74, 6) is 2.22. The second-order valence-electron chi connectivity index (χ2n) is 8.49. The van der Waals surface area contributed by atoms with Crippen LogP contribution >= 0.6 is 0 Å². The predicted molar refractivity (Wildman–Crippen MR) is 139 cm³/mol. The molecule has 2 saturated heterocycles. The average molecular weight is 476 g/mol. The van der Waals surface area contributed by atoms with Crippen LogP contribution in [0.5, 0.6) is 5.75 Å². The molecule has 34 heavy (non-hydrogen) atoms. The lowest BCUT2D eigenvalue weighted by Crippen LogP contribution is -2.36. The van der Waals surface area contributed by atoms with Gasteiger partial charge in [0.15, 0.2) is 0 Å². The van der Waals surface area contributed by atoms with Crippen molar-refractivity contribution in [1.29, 1.82) is 0 Å². The van der Waals surface area contributed by atoms with E-state index in [1.807, 2.05) is 57.2 Å². The van der Waals surface area contributed by atoms with Crippen molar-refractivity contribution in [2.24, 2.45) is 0 Å². The van der Waals surface area contributed by atoms with E-state index in [-0.39, 0.29) is 0 Å². The Bertz CT molecular complexity index is 779. The molecule has 2 fully saturated rings. The third kappa shape index (κ3) is 9.53. The van der Waals surface area contributed by atoms with Gasteiger partial charge in [-0.2, -0.15) is 0 Å². The molecule has 3 unspecified atom stereocenters. The van der Waals surface area contributed by atoms with E-state index in [2.05, 4.69) is 25.5 Å². The van der Waals surface area contributed by atoms with Crippen molar-refractivity contribution < 1.29 is 24.1 Å². The second kappa shape index (κ2) is 15.6. The molecule has 1 aromatic rings. The molecule has 2 heterocycles. The Morgan fingerprint density at radius 3 is 2.50 bits per heavy atom. The summed E-state index contributed by atoms with van der Waals surface area (Å²) >= 11 is 0. The SMILES string of the molecule is C=C(/C=C\C=C1/COCCO1)OC.CC.COc1ccccc1C(C)(O)CC1CCC(C)N1C. The molecule has 0 radical (unpaired) electrons. The van der Waals surface area contributed by atoms with Crippen LogP contribution in [0, 0.1) is 0 Å². The topological polar surface area (TPSA) is 60.4 Å². The highest BCUT2D eigenvalue weighted by molar-refractivity contribution is 5.37. The van der Waals surface area contributed by atoms with Gasteiger partial charge in [0.1, 0.15) is 30.5 Å². The van der Waals surface area contributed by atoms with E-state index in [9.17, 15) is 5.11 Å². The van der Waals surface area contributed by atoms with Gasteiger partial charge in [-0.25, -0.2) is 0 Å². The first-order valence-electron chi connectivity index (χ1n) is 12.2. The normalized spacial score (nSPS) is 23.1. The summed E-state index contributed by atoms with van der Waals surface area (Å²) in [7, 11) is 5.39. The Morgan fingerprint density at radius 2 is 1.94 bits per heavy atom. The van der Waals surface area contributed by atoms with Gasteiger partial charge in [-0.1, -0.05) is 44.7 Å². The van der Waals surface area contributed by atoms with Crippen LogP contribution in [0.3, 0.4) is 0 Å². The van der Waals surface area contributed by atoms with Crippen molar-refractivity contribution >= 4 is 0 Å². The molecular formula is C28H45NO5. The lowest BCUT2D eigenvalue weighted by atomic mass is 9.87. The van der Waals surface area contributed by atoms with Crippen LogP contribution in [0.4, 0.5) is 0 Å². The van der Waals surface area contributed by atoms with Crippen LogP contribution < -0.4 is 4.74 Å². The first-order chi connectivity index (χ1) is 16.3. The van der Waals surface area contributed by atoms with Gasteiger partial charge < -0.3 is 29.0 Å². The fourth-order valence-corrected chi connectivity index (χ4v) is 3.98. The van der Waals surface area contributed by atoms with E-state index in [0.717, 1.165) is 29.9 Å². The number of methoxy groups -OCH3 is 2. The van der Waals surface area contributed by atoms with E-state index in [4.69, 9.17) is 18.9 Å². The number of allylic oxidation sites excluding steroid dienone is 3. The molecule has 6 nitrogen and oxygen atoms in total. The maximum absolute atomic E-state index is 10.9. The van der Waals surface area contributed by atoms with E-state index < -0.39 is 5.60 Å². The smallest absolute Gasteiger partial charge is 0.124 e. The van der Waals surface area contributed by atoms with E-state index in [1.165, 1.54) is 6.42 Å². The highest BCUT2D eigenvalue weighted by atomic mass is 16.6. The van der Waals surface area contributed by atoms with Crippen molar-refractivity contribution in [3.05, 3.63) is 66.2 Å². The van der Waals surface area contributed by atoms with Gasteiger partial charge in [-0.3, -0.25) is 0 Å². The van der Waals surface area contributed by atoms with Crippen molar-refractivity contribution in [3.63, 3.8) is 0 Å². The van der Waals surface area contributed by atoms with Crippen LogP contribution in [0.1, 0.15) is 52.5 Å². The van der Waals surface area contributed by atoms with Gasteiger partial charge in [0.25, 0.3) is 0 Å². The number of likely N-dealkylation sites (tertiary alicyclic amines) is 1. The Labute approximate surface area is 206 Å². The number of ether oxygens (including phenoxy) is 4. The molecule has 1 aromatic carbocycles. The fraction of sp³-hybridized carbons (Fsp3) is 0.571. The number of rotatable bonds is 7. The van der Waals surface area contributed by atoms with E-state index in [0.29, 0.717) is 37.7 Å². The molecule has 192 valence electrons. The highest BCUT2D eigenvalue weighted by Gasteiger charge is 2.35. The van der Waals surface area contributed by atoms with Crippen molar-refractivity contribution in [2.75, 3.05) is 41.1 Å². The number of hydrogen-bond donors (Lipinski definition) is 1. The Morgan fingerprint density at radius 1 is 1.24 bits per heavy atom. The molecule has 6 heteroatoms. The van der Waals surface area contributed by atoms with Gasteiger partial charge in [-0.15, -0.1) is 0 Å². The Balaban J connectivity index is 0.000000337. The first kappa shape index (κ1) is 29.8. The van der Waals surface area contributed by atoms with Crippen LogP contribution in [-0.2, 0) is 19.8 Å². The van der Waals surface area contributed by atoms with Crippen molar-refractivity contribution in [1.82, 2.24) is 4.90 Å². The molecular weight excluding hydrogens is 430 g/mol. The Kier molecular flexibility index (Phi) is 13.6. The number of para-hydroxylation sites is 1. The maximum Gasteiger partial charge on any atom is 0.124 e. The summed E-state index contributed by atoms with van der Waals surface area (Å²) in [6, 6.07) is 8.80. The van der Waals surface area contributed by atoms with Gasteiger partial charge in [-0.05, 0) is 58.4 Å².